The van der Waals surface area contributed by atoms with Gasteiger partial charge in [0.1, 0.15) is 0 Å². The third kappa shape index (κ3) is 3.14. The molecule has 0 saturated heterocycles. The Bertz CT molecular complexity index is 1140. The molecular weight excluding hydrogens is 379 g/mol. The third-order valence-corrected chi connectivity index (χ3v) is 6.39. The quantitative estimate of drug-likeness (QED) is 0.338. The van der Waals surface area contributed by atoms with Crippen molar-refractivity contribution >= 4 is 42.9 Å². The fraction of sp³-hybridized carbons (Fsp3) is 0.217. The van der Waals surface area contributed by atoms with Crippen LogP contribution in [0.5, 0.6) is 0 Å². The summed E-state index contributed by atoms with van der Waals surface area (Å²) >= 11 is 1.75. The van der Waals surface area contributed by atoms with Crippen molar-refractivity contribution in [2.45, 2.75) is 25.9 Å². The van der Waals surface area contributed by atoms with Gasteiger partial charge in [0, 0.05) is 28.2 Å². The Labute approximate surface area is 166 Å². The van der Waals surface area contributed by atoms with Crippen LogP contribution in [0.25, 0.3) is 20.2 Å². The van der Waals surface area contributed by atoms with Gasteiger partial charge in [-0.2, -0.15) is 13.2 Å². The van der Waals surface area contributed by atoms with Crippen LogP contribution < -0.4 is 4.90 Å². The van der Waals surface area contributed by atoms with Crippen LogP contribution in [0.2, 0.25) is 0 Å². The number of thiophene rings is 1. The molecule has 0 N–H and O–H groups in total. The molecule has 3 aromatic carbocycles. The van der Waals surface area contributed by atoms with Gasteiger partial charge >= 0.3 is 6.18 Å². The maximum atomic E-state index is 12.9. The molecule has 0 saturated carbocycles. The molecular formula is C23H20F3NS. The van der Waals surface area contributed by atoms with Crippen LogP contribution in [-0.2, 0) is 6.18 Å². The summed E-state index contributed by atoms with van der Waals surface area (Å²) in [6.07, 6.45) is -4.32. The molecule has 1 nitrogen and oxygen atoms in total. The summed E-state index contributed by atoms with van der Waals surface area (Å²) in [7, 11) is 1.89. The Morgan fingerprint density at radius 2 is 1.43 bits per heavy atom. The Kier molecular flexibility index (Phi) is 4.58. The predicted molar refractivity (Wildman–Crippen MR) is 113 cm³/mol. The molecule has 4 rings (SSSR count). The molecule has 0 spiro atoms. The van der Waals surface area contributed by atoms with Gasteiger partial charge in [-0.3, -0.25) is 0 Å². The van der Waals surface area contributed by atoms with Gasteiger partial charge in [-0.15, -0.1) is 11.3 Å². The van der Waals surface area contributed by atoms with Gasteiger partial charge in [-0.1, -0.05) is 44.2 Å². The fourth-order valence-corrected chi connectivity index (χ4v) is 5.07. The zero-order valence-electron chi connectivity index (χ0n) is 15.8. The summed E-state index contributed by atoms with van der Waals surface area (Å²) in [6.45, 7) is 4.38. The molecule has 0 aliphatic rings. The topological polar surface area (TPSA) is 3.24 Å². The van der Waals surface area contributed by atoms with Gasteiger partial charge in [-0.05, 0) is 41.8 Å². The highest BCUT2D eigenvalue weighted by atomic mass is 32.1. The number of rotatable bonds is 3. The summed E-state index contributed by atoms with van der Waals surface area (Å²) < 4.78 is 41.0. The normalized spacial score (nSPS) is 12.2. The SMILES string of the molecule is CC(C)c1cccc2c1sc1c(N(C)c3ccc(C(F)(F)F)cc3)cccc12. The number of fused-ring (bicyclic) bond motifs is 3. The molecule has 0 atom stereocenters. The minimum Gasteiger partial charge on any atom is -0.343 e. The molecule has 0 radical (unpaired) electrons. The predicted octanol–water partition coefficient (Wildman–Crippen LogP) is 7.96. The monoisotopic (exact) mass is 399 g/mol. The molecule has 0 amide bonds. The molecule has 0 fully saturated rings. The minimum atomic E-state index is -4.32. The number of benzene rings is 3. The van der Waals surface area contributed by atoms with E-state index >= 15 is 0 Å². The first kappa shape index (κ1) is 18.8. The van der Waals surface area contributed by atoms with Crippen molar-refractivity contribution in [3.8, 4) is 0 Å². The van der Waals surface area contributed by atoms with E-state index in [0.29, 0.717) is 5.92 Å². The first-order valence-corrected chi connectivity index (χ1v) is 9.94. The van der Waals surface area contributed by atoms with Crippen LogP contribution in [-0.4, -0.2) is 7.05 Å². The lowest BCUT2D eigenvalue weighted by molar-refractivity contribution is -0.137. The van der Waals surface area contributed by atoms with Crippen molar-refractivity contribution in [1.29, 1.82) is 0 Å². The third-order valence-electron chi connectivity index (χ3n) is 5.10. The van der Waals surface area contributed by atoms with Crippen molar-refractivity contribution < 1.29 is 13.2 Å². The van der Waals surface area contributed by atoms with Crippen LogP contribution in [0, 0.1) is 0 Å². The first-order chi connectivity index (χ1) is 13.3. The minimum absolute atomic E-state index is 0.424. The van der Waals surface area contributed by atoms with Crippen molar-refractivity contribution in [1.82, 2.24) is 0 Å². The van der Waals surface area contributed by atoms with Crippen LogP contribution >= 0.6 is 11.3 Å². The van der Waals surface area contributed by atoms with Crippen molar-refractivity contribution in [3.05, 3.63) is 71.8 Å². The number of hydrogen-bond donors (Lipinski definition) is 0. The van der Waals surface area contributed by atoms with E-state index < -0.39 is 11.7 Å². The van der Waals surface area contributed by atoms with Crippen molar-refractivity contribution in [2.75, 3.05) is 11.9 Å². The molecule has 1 heterocycles. The molecule has 1 aromatic heterocycles. The summed E-state index contributed by atoms with van der Waals surface area (Å²) in [4.78, 5) is 1.95. The molecule has 0 bridgehead atoms. The van der Waals surface area contributed by atoms with E-state index in [0.717, 1.165) is 28.2 Å². The number of hydrogen-bond acceptors (Lipinski definition) is 2. The van der Waals surface area contributed by atoms with E-state index in [1.165, 1.54) is 33.2 Å². The maximum absolute atomic E-state index is 12.9. The van der Waals surface area contributed by atoms with Crippen molar-refractivity contribution in [2.24, 2.45) is 0 Å². The second-order valence-electron chi connectivity index (χ2n) is 7.24. The summed E-state index contributed by atoms with van der Waals surface area (Å²) in [5.74, 6) is 0.424. The van der Waals surface area contributed by atoms with E-state index in [4.69, 9.17) is 0 Å². The maximum Gasteiger partial charge on any atom is 0.416 e. The number of alkyl halides is 3. The number of anilines is 2. The molecule has 144 valence electrons. The lowest BCUT2D eigenvalue weighted by Crippen LogP contribution is -2.10. The van der Waals surface area contributed by atoms with Gasteiger partial charge in [0.25, 0.3) is 0 Å². The lowest BCUT2D eigenvalue weighted by atomic mass is 10.0. The summed E-state index contributed by atoms with van der Waals surface area (Å²) in [6, 6.07) is 17.9. The van der Waals surface area contributed by atoms with Gasteiger partial charge < -0.3 is 4.90 Å². The number of nitrogens with zero attached hydrogens (tertiary/aromatic N) is 1. The van der Waals surface area contributed by atoms with Gasteiger partial charge in [0.15, 0.2) is 0 Å². The van der Waals surface area contributed by atoms with Gasteiger partial charge in [-0.25, -0.2) is 0 Å². The Hall–Kier alpha value is -2.53. The zero-order valence-corrected chi connectivity index (χ0v) is 16.7. The molecule has 28 heavy (non-hydrogen) atoms. The molecule has 0 aliphatic heterocycles. The van der Waals surface area contributed by atoms with Crippen molar-refractivity contribution in [3.63, 3.8) is 0 Å². The van der Waals surface area contributed by atoms with Crippen LogP contribution in [0.3, 0.4) is 0 Å². The van der Waals surface area contributed by atoms with E-state index in [-0.39, 0.29) is 0 Å². The summed E-state index contributed by atoms with van der Waals surface area (Å²) in [5, 5.41) is 2.41. The first-order valence-electron chi connectivity index (χ1n) is 9.12. The molecule has 4 aromatic rings. The Morgan fingerprint density at radius 1 is 0.821 bits per heavy atom. The van der Waals surface area contributed by atoms with E-state index in [1.54, 1.807) is 11.3 Å². The van der Waals surface area contributed by atoms with Crippen LogP contribution in [0.1, 0.15) is 30.9 Å². The highest BCUT2D eigenvalue weighted by Gasteiger charge is 2.30. The molecule has 5 heteroatoms. The summed E-state index contributed by atoms with van der Waals surface area (Å²) in [5.41, 5.74) is 2.41. The average Bonchev–Trinajstić information content (AvgIpc) is 3.05. The lowest BCUT2D eigenvalue weighted by Gasteiger charge is -2.21. The largest absolute Gasteiger partial charge is 0.416 e. The van der Waals surface area contributed by atoms with E-state index in [1.807, 2.05) is 24.1 Å². The average molecular weight is 399 g/mol. The van der Waals surface area contributed by atoms with E-state index in [9.17, 15) is 13.2 Å². The van der Waals surface area contributed by atoms with Crippen LogP contribution in [0.4, 0.5) is 24.5 Å². The second kappa shape index (κ2) is 6.82. The zero-order chi connectivity index (χ0) is 20.1. The second-order valence-corrected chi connectivity index (χ2v) is 8.26. The Balaban J connectivity index is 1.84. The standard InChI is InChI=1S/C23H20F3NS/c1-14(2)17-6-4-7-18-19-8-5-9-20(22(19)28-21(17)18)27(3)16-12-10-15(11-13-16)23(24,25)26/h4-14H,1-3H3. The smallest absolute Gasteiger partial charge is 0.343 e. The number of halogens is 3. The highest BCUT2D eigenvalue weighted by molar-refractivity contribution is 7.26. The van der Waals surface area contributed by atoms with Gasteiger partial charge in [0.05, 0.1) is 16.0 Å². The highest BCUT2D eigenvalue weighted by Crippen LogP contribution is 2.43. The fourth-order valence-electron chi connectivity index (χ4n) is 3.56. The van der Waals surface area contributed by atoms with E-state index in [2.05, 4.69) is 38.1 Å². The molecule has 0 aliphatic carbocycles. The Morgan fingerprint density at radius 3 is 2.04 bits per heavy atom. The molecule has 0 unspecified atom stereocenters. The van der Waals surface area contributed by atoms with Gasteiger partial charge in [0.2, 0.25) is 0 Å². The van der Waals surface area contributed by atoms with Crippen LogP contribution in [0.15, 0.2) is 60.7 Å².